The van der Waals surface area contributed by atoms with E-state index in [0.29, 0.717) is 5.95 Å². The molecule has 1 aromatic carbocycles. The number of hydrogen-bond donors (Lipinski definition) is 1. The summed E-state index contributed by atoms with van der Waals surface area (Å²) in [7, 11) is 0. The summed E-state index contributed by atoms with van der Waals surface area (Å²) in [5.74, 6) is 0.513. The standard InChI is InChI=1S/C13H13N5S/c1-13(2,11-14-7-8-19-11)16-12-15-9-5-3-4-6-10(9)17-18-12/h3-8H,1-2H3,(H,15,16,18). The molecule has 0 saturated heterocycles. The van der Waals surface area contributed by atoms with Gasteiger partial charge in [-0.25, -0.2) is 9.97 Å². The topological polar surface area (TPSA) is 63.6 Å². The van der Waals surface area contributed by atoms with Crippen molar-refractivity contribution >= 4 is 28.3 Å². The second-order valence-electron chi connectivity index (χ2n) is 4.71. The third kappa shape index (κ3) is 2.39. The third-order valence-corrected chi connectivity index (χ3v) is 3.85. The molecular weight excluding hydrogens is 258 g/mol. The number of benzene rings is 1. The van der Waals surface area contributed by atoms with Crippen molar-refractivity contribution in [1.29, 1.82) is 0 Å². The predicted molar refractivity (Wildman–Crippen MR) is 76.1 cm³/mol. The van der Waals surface area contributed by atoms with Crippen molar-refractivity contribution in [2.75, 3.05) is 5.32 Å². The Hall–Kier alpha value is -2.08. The number of thiazole rings is 1. The average Bonchev–Trinajstić information content (AvgIpc) is 2.93. The fraction of sp³-hybridized carbons (Fsp3) is 0.231. The van der Waals surface area contributed by atoms with Crippen LogP contribution in [0.3, 0.4) is 0 Å². The van der Waals surface area contributed by atoms with Gasteiger partial charge in [-0.3, -0.25) is 0 Å². The molecular formula is C13H13N5S. The van der Waals surface area contributed by atoms with Gasteiger partial charge in [0.15, 0.2) is 0 Å². The van der Waals surface area contributed by atoms with Crippen LogP contribution in [0, 0.1) is 0 Å². The molecule has 0 fully saturated rings. The molecule has 1 N–H and O–H groups in total. The van der Waals surface area contributed by atoms with E-state index in [0.717, 1.165) is 16.0 Å². The highest BCUT2D eigenvalue weighted by molar-refractivity contribution is 7.09. The Morgan fingerprint density at radius 2 is 1.89 bits per heavy atom. The Morgan fingerprint density at radius 3 is 2.63 bits per heavy atom. The molecule has 96 valence electrons. The zero-order valence-corrected chi connectivity index (χ0v) is 11.5. The molecule has 0 aliphatic carbocycles. The van der Waals surface area contributed by atoms with Crippen molar-refractivity contribution < 1.29 is 0 Å². The molecule has 0 aliphatic rings. The molecule has 0 spiro atoms. The van der Waals surface area contributed by atoms with E-state index < -0.39 is 0 Å². The molecule has 0 amide bonds. The predicted octanol–water partition coefficient (Wildman–Crippen LogP) is 2.83. The summed E-state index contributed by atoms with van der Waals surface area (Å²) in [5.41, 5.74) is 1.30. The van der Waals surface area contributed by atoms with Crippen molar-refractivity contribution in [3.63, 3.8) is 0 Å². The minimum Gasteiger partial charge on any atom is -0.342 e. The smallest absolute Gasteiger partial charge is 0.244 e. The molecule has 6 heteroatoms. The van der Waals surface area contributed by atoms with Crippen LogP contribution in [-0.4, -0.2) is 20.2 Å². The van der Waals surface area contributed by atoms with Crippen LogP contribution in [-0.2, 0) is 5.54 Å². The van der Waals surface area contributed by atoms with Crippen molar-refractivity contribution in [3.05, 3.63) is 40.8 Å². The van der Waals surface area contributed by atoms with Crippen LogP contribution in [0.4, 0.5) is 5.95 Å². The number of hydrogen-bond acceptors (Lipinski definition) is 6. The molecule has 0 saturated carbocycles. The Balaban J connectivity index is 1.93. The highest BCUT2D eigenvalue weighted by Crippen LogP contribution is 2.25. The first-order valence-electron chi connectivity index (χ1n) is 5.93. The number of para-hydroxylation sites is 1. The molecule has 0 bridgehead atoms. The normalized spacial score (nSPS) is 11.7. The lowest BCUT2D eigenvalue weighted by molar-refractivity contribution is 0.595. The fourth-order valence-electron chi connectivity index (χ4n) is 1.80. The van der Waals surface area contributed by atoms with Gasteiger partial charge < -0.3 is 5.32 Å². The van der Waals surface area contributed by atoms with E-state index in [1.807, 2.05) is 43.5 Å². The first-order chi connectivity index (χ1) is 9.15. The number of rotatable bonds is 3. The molecule has 19 heavy (non-hydrogen) atoms. The summed E-state index contributed by atoms with van der Waals surface area (Å²) >= 11 is 1.60. The van der Waals surface area contributed by atoms with Gasteiger partial charge in [-0.2, -0.15) is 0 Å². The highest BCUT2D eigenvalue weighted by Gasteiger charge is 2.24. The Kier molecular flexibility index (Phi) is 2.87. The van der Waals surface area contributed by atoms with Crippen molar-refractivity contribution in [2.45, 2.75) is 19.4 Å². The van der Waals surface area contributed by atoms with Gasteiger partial charge in [0.25, 0.3) is 0 Å². The first-order valence-corrected chi connectivity index (χ1v) is 6.81. The lowest BCUT2D eigenvalue weighted by Gasteiger charge is -2.23. The van der Waals surface area contributed by atoms with E-state index in [4.69, 9.17) is 0 Å². The molecule has 0 radical (unpaired) electrons. The lowest BCUT2D eigenvalue weighted by atomic mass is 10.1. The number of nitrogens with one attached hydrogen (secondary N) is 1. The summed E-state index contributed by atoms with van der Waals surface area (Å²) in [5, 5.41) is 14.5. The number of nitrogens with zero attached hydrogens (tertiary/aromatic N) is 4. The van der Waals surface area contributed by atoms with E-state index in [1.54, 1.807) is 17.5 Å². The van der Waals surface area contributed by atoms with Crippen molar-refractivity contribution in [3.8, 4) is 0 Å². The first kappa shape index (κ1) is 12.0. The molecule has 2 heterocycles. The van der Waals surface area contributed by atoms with Gasteiger partial charge in [0, 0.05) is 11.6 Å². The minimum absolute atomic E-state index is 0.321. The maximum Gasteiger partial charge on any atom is 0.244 e. The maximum absolute atomic E-state index is 4.46. The summed E-state index contributed by atoms with van der Waals surface area (Å²) in [6.45, 7) is 4.09. The monoisotopic (exact) mass is 271 g/mol. The van der Waals surface area contributed by atoms with Crippen LogP contribution in [0.15, 0.2) is 35.8 Å². The largest absolute Gasteiger partial charge is 0.342 e. The number of anilines is 1. The van der Waals surface area contributed by atoms with Crippen LogP contribution < -0.4 is 5.32 Å². The van der Waals surface area contributed by atoms with Gasteiger partial charge >= 0.3 is 0 Å². The van der Waals surface area contributed by atoms with Crippen molar-refractivity contribution in [1.82, 2.24) is 20.2 Å². The summed E-state index contributed by atoms with van der Waals surface area (Å²) < 4.78 is 0. The van der Waals surface area contributed by atoms with Gasteiger partial charge in [0.05, 0.1) is 11.1 Å². The second-order valence-corrected chi connectivity index (χ2v) is 5.61. The van der Waals surface area contributed by atoms with Crippen LogP contribution >= 0.6 is 11.3 Å². The molecule has 2 aromatic heterocycles. The quantitative estimate of drug-likeness (QED) is 0.793. The lowest BCUT2D eigenvalue weighted by Crippen LogP contribution is -2.29. The number of fused-ring (bicyclic) bond motifs is 1. The van der Waals surface area contributed by atoms with Gasteiger partial charge in [-0.15, -0.1) is 21.5 Å². The molecule has 3 rings (SSSR count). The minimum atomic E-state index is -0.321. The molecule has 3 aromatic rings. The van der Waals surface area contributed by atoms with Gasteiger partial charge in [-0.05, 0) is 26.0 Å². The van der Waals surface area contributed by atoms with E-state index in [1.165, 1.54) is 0 Å². The van der Waals surface area contributed by atoms with Gasteiger partial charge in [0.1, 0.15) is 10.5 Å². The van der Waals surface area contributed by atoms with Crippen LogP contribution in [0.25, 0.3) is 11.0 Å². The highest BCUT2D eigenvalue weighted by atomic mass is 32.1. The van der Waals surface area contributed by atoms with Crippen LogP contribution in [0.2, 0.25) is 0 Å². The van der Waals surface area contributed by atoms with Crippen LogP contribution in [0.1, 0.15) is 18.9 Å². The van der Waals surface area contributed by atoms with Gasteiger partial charge in [0.2, 0.25) is 5.95 Å². The average molecular weight is 271 g/mol. The fourth-order valence-corrected chi connectivity index (χ4v) is 2.52. The van der Waals surface area contributed by atoms with E-state index in [-0.39, 0.29) is 5.54 Å². The van der Waals surface area contributed by atoms with Gasteiger partial charge in [-0.1, -0.05) is 12.1 Å². The Labute approximate surface area is 114 Å². The molecule has 0 aliphatic heterocycles. The second kappa shape index (κ2) is 4.55. The number of aromatic nitrogens is 4. The maximum atomic E-state index is 4.46. The third-order valence-electron chi connectivity index (χ3n) is 2.75. The van der Waals surface area contributed by atoms with Crippen molar-refractivity contribution in [2.24, 2.45) is 0 Å². The SMILES string of the molecule is CC(C)(Nc1nnc2ccccc2n1)c1nccs1. The van der Waals surface area contributed by atoms with E-state index >= 15 is 0 Å². The zero-order chi connectivity index (χ0) is 13.3. The summed E-state index contributed by atoms with van der Waals surface area (Å²) in [6.07, 6.45) is 1.79. The Morgan fingerprint density at radius 1 is 1.11 bits per heavy atom. The molecule has 0 atom stereocenters. The Bertz CT molecular complexity index is 693. The summed E-state index contributed by atoms with van der Waals surface area (Å²) in [6, 6.07) is 7.68. The summed E-state index contributed by atoms with van der Waals surface area (Å²) in [4.78, 5) is 8.79. The molecule has 0 unspecified atom stereocenters. The van der Waals surface area contributed by atoms with E-state index in [2.05, 4.69) is 25.5 Å². The van der Waals surface area contributed by atoms with Crippen LogP contribution in [0.5, 0.6) is 0 Å². The van der Waals surface area contributed by atoms with E-state index in [9.17, 15) is 0 Å². The molecule has 5 nitrogen and oxygen atoms in total. The zero-order valence-electron chi connectivity index (χ0n) is 10.7.